The molecule has 0 radical (unpaired) electrons. The molecule has 0 spiro atoms. The first-order chi connectivity index (χ1) is 11.6. The fourth-order valence-corrected chi connectivity index (χ4v) is 3.98. The largest absolute Gasteiger partial charge is 0.495 e. The molecule has 0 amide bonds. The summed E-state index contributed by atoms with van der Waals surface area (Å²) in [6.07, 6.45) is 2.31. The summed E-state index contributed by atoms with van der Waals surface area (Å²) in [5, 5.41) is 1.23. The number of ether oxygens (including phenoxy) is 1. The van der Waals surface area contributed by atoms with E-state index in [1.54, 1.807) is 7.11 Å². The third-order valence-corrected chi connectivity index (χ3v) is 5.16. The number of benzene rings is 2. The predicted octanol–water partition coefficient (Wildman–Crippen LogP) is 5.55. The molecule has 24 heavy (non-hydrogen) atoms. The van der Waals surface area contributed by atoms with Crippen molar-refractivity contribution in [1.82, 2.24) is 0 Å². The van der Waals surface area contributed by atoms with Gasteiger partial charge in [0, 0.05) is 12.5 Å². The van der Waals surface area contributed by atoms with Crippen molar-refractivity contribution in [1.29, 1.82) is 0 Å². The standard InChI is InChI=1S/C20H22FNOS/c1-4-24-19-12-14(2)17-6-5-7-18(23-3)20(17)22(19)13-15-8-10-16(21)11-9-15/h5-12,14H,4,13H2,1-3H3. The van der Waals surface area contributed by atoms with E-state index in [1.807, 2.05) is 36.0 Å². The van der Waals surface area contributed by atoms with E-state index in [9.17, 15) is 4.39 Å². The van der Waals surface area contributed by atoms with Crippen LogP contribution in [0.2, 0.25) is 0 Å². The fourth-order valence-electron chi connectivity index (χ4n) is 3.07. The second-order valence-electron chi connectivity index (χ2n) is 5.84. The number of fused-ring (bicyclic) bond motifs is 1. The molecule has 3 rings (SSSR count). The summed E-state index contributed by atoms with van der Waals surface area (Å²) < 4.78 is 18.9. The Morgan fingerprint density at radius 2 is 1.92 bits per heavy atom. The molecule has 0 saturated heterocycles. The number of halogens is 1. The summed E-state index contributed by atoms with van der Waals surface area (Å²) in [6.45, 7) is 5.06. The first-order valence-corrected chi connectivity index (χ1v) is 9.16. The van der Waals surface area contributed by atoms with Gasteiger partial charge >= 0.3 is 0 Å². The molecule has 1 unspecified atom stereocenters. The van der Waals surface area contributed by atoms with Crippen LogP contribution in [0.1, 0.15) is 30.9 Å². The van der Waals surface area contributed by atoms with E-state index in [4.69, 9.17) is 4.74 Å². The van der Waals surface area contributed by atoms with Crippen molar-refractivity contribution in [3.63, 3.8) is 0 Å². The Kier molecular flexibility index (Phi) is 5.14. The summed E-state index contributed by atoms with van der Waals surface area (Å²) in [7, 11) is 1.71. The molecule has 0 bridgehead atoms. The lowest BCUT2D eigenvalue weighted by Gasteiger charge is -2.35. The molecule has 0 saturated carbocycles. The number of hydrogen-bond donors (Lipinski definition) is 0. The second kappa shape index (κ2) is 7.31. The maximum absolute atomic E-state index is 13.2. The van der Waals surface area contributed by atoms with Crippen molar-refractivity contribution in [3.05, 3.63) is 70.5 Å². The number of methoxy groups -OCH3 is 1. The quantitative estimate of drug-likeness (QED) is 0.706. The highest BCUT2D eigenvalue weighted by Crippen LogP contribution is 2.45. The Morgan fingerprint density at radius 3 is 2.58 bits per heavy atom. The van der Waals surface area contributed by atoms with Gasteiger partial charge in [-0.1, -0.05) is 38.1 Å². The molecule has 0 N–H and O–H groups in total. The van der Waals surface area contributed by atoms with Gasteiger partial charge in [-0.05, 0) is 41.2 Å². The van der Waals surface area contributed by atoms with E-state index in [1.165, 1.54) is 22.7 Å². The van der Waals surface area contributed by atoms with Gasteiger partial charge < -0.3 is 9.64 Å². The van der Waals surface area contributed by atoms with Gasteiger partial charge in [0.1, 0.15) is 11.6 Å². The predicted molar refractivity (Wildman–Crippen MR) is 100 cm³/mol. The van der Waals surface area contributed by atoms with Crippen molar-refractivity contribution in [2.75, 3.05) is 17.8 Å². The molecule has 0 aliphatic carbocycles. The molecular formula is C20H22FNOS. The lowest BCUT2D eigenvalue weighted by molar-refractivity contribution is 0.414. The molecule has 2 nitrogen and oxygen atoms in total. The van der Waals surface area contributed by atoms with E-state index in [-0.39, 0.29) is 5.82 Å². The summed E-state index contributed by atoms with van der Waals surface area (Å²) in [6, 6.07) is 12.9. The lowest BCUT2D eigenvalue weighted by Crippen LogP contribution is -2.26. The SMILES string of the molecule is CCSC1=CC(C)c2cccc(OC)c2N1Cc1ccc(F)cc1. The summed E-state index contributed by atoms with van der Waals surface area (Å²) in [5.41, 5.74) is 3.46. The first kappa shape index (κ1) is 16.9. The van der Waals surface area contributed by atoms with E-state index in [0.717, 1.165) is 22.8 Å². The highest BCUT2D eigenvalue weighted by molar-refractivity contribution is 8.03. The summed E-state index contributed by atoms with van der Waals surface area (Å²) in [4.78, 5) is 2.29. The molecule has 4 heteroatoms. The van der Waals surface area contributed by atoms with Crippen LogP contribution >= 0.6 is 11.8 Å². The minimum absolute atomic E-state index is 0.206. The van der Waals surface area contributed by atoms with Gasteiger partial charge in [-0.2, -0.15) is 0 Å². The van der Waals surface area contributed by atoms with Gasteiger partial charge in [-0.25, -0.2) is 4.39 Å². The number of rotatable bonds is 5. The number of allylic oxidation sites excluding steroid dienone is 1. The molecule has 0 fully saturated rings. The van der Waals surface area contributed by atoms with Gasteiger partial charge in [-0.15, -0.1) is 11.8 Å². The smallest absolute Gasteiger partial charge is 0.142 e. The summed E-state index contributed by atoms with van der Waals surface area (Å²) in [5.74, 6) is 2.02. The topological polar surface area (TPSA) is 12.5 Å². The van der Waals surface area contributed by atoms with E-state index < -0.39 is 0 Å². The highest BCUT2D eigenvalue weighted by atomic mass is 32.2. The zero-order chi connectivity index (χ0) is 17.1. The van der Waals surface area contributed by atoms with E-state index in [0.29, 0.717) is 12.5 Å². The van der Waals surface area contributed by atoms with Crippen molar-refractivity contribution in [2.45, 2.75) is 26.3 Å². The minimum Gasteiger partial charge on any atom is -0.495 e. The highest BCUT2D eigenvalue weighted by Gasteiger charge is 2.27. The average Bonchev–Trinajstić information content (AvgIpc) is 2.59. The normalized spacial score (nSPS) is 16.6. The van der Waals surface area contributed by atoms with Crippen LogP contribution in [0.3, 0.4) is 0 Å². The molecular weight excluding hydrogens is 321 g/mol. The van der Waals surface area contributed by atoms with Crippen LogP contribution in [-0.2, 0) is 6.54 Å². The third kappa shape index (κ3) is 3.29. The molecule has 1 heterocycles. The number of hydrogen-bond acceptors (Lipinski definition) is 3. The molecule has 1 atom stereocenters. The Morgan fingerprint density at radius 1 is 1.17 bits per heavy atom. The molecule has 1 aliphatic heterocycles. The minimum atomic E-state index is -0.206. The number of anilines is 1. The van der Waals surface area contributed by atoms with Gasteiger partial charge in [-0.3, -0.25) is 0 Å². The number of para-hydroxylation sites is 1. The molecule has 2 aromatic carbocycles. The Bertz CT molecular complexity index is 742. The van der Waals surface area contributed by atoms with Crippen LogP contribution in [-0.4, -0.2) is 12.9 Å². The van der Waals surface area contributed by atoms with Crippen LogP contribution in [0.25, 0.3) is 0 Å². The number of nitrogens with zero attached hydrogens (tertiary/aromatic N) is 1. The maximum Gasteiger partial charge on any atom is 0.142 e. The molecule has 126 valence electrons. The van der Waals surface area contributed by atoms with Crippen molar-refractivity contribution in [2.24, 2.45) is 0 Å². The van der Waals surface area contributed by atoms with Gasteiger partial charge in [0.15, 0.2) is 0 Å². The van der Waals surface area contributed by atoms with Gasteiger partial charge in [0.25, 0.3) is 0 Å². The van der Waals surface area contributed by atoms with E-state index >= 15 is 0 Å². The Labute approximate surface area is 147 Å². The lowest BCUT2D eigenvalue weighted by atomic mass is 9.94. The van der Waals surface area contributed by atoms with Crippen LogP contribution in [0.15, 0.2) is 53.6 Å². The third-order valence-electron chi connectivity index (χ3n) is 4.22. The first-order valence-electron chi connectivity index (χ1n) is 8.17. The molecule has 1 aliphatic rings. The monoisotopic (exact) mass is 343 g/mol. The zero-order valence-corrected chi connectivity index (χ0v) is 15.1. The van der Waals surface area contributed by atoms with Gasteiger partial charge in [0.05, 0.1) is 17.8 Å². The van der Waals surface area contributed by atoms with Crippen molar-refractivity contribution >= 4 is 17.4 Å². The van der Waals surface area contributed by atoms with Crippen molar-refractivity contribution < 1.29 is 9.13 Å². The molecule has 0 aromatic heterocycles. The Balaban J connectivity index is 2.05. The van der Waals surface area contributed by atoms with E-state index in [2.05, 4.69) is 30.9 Å². The van der Waals surface area contributed by atoms with Crippen LogP contribution in [0, 0.1) is 5.82 Å². The van der Waals surface area contributed by atoms with Gasteiger partial charge in [0.2, 0.25) is 0 Å². The van der Waals surface area contributed by atoms with Crippen LogP contribution in [0.5, 0.6) is 5.75 Å². The van der Waals surface area contributed by atoms with Crippen LogP contribution in [0.4, 0.5) is 10.1 Å². The average molecular weight is 343 g/mol. The van der Waals surface area contributed by atoms with Crippen molar-refractivity contribution in [3.8, 4) is 5.75 Å². The zero-order valence-electron chi connectivity index (χ0n) is 14.3. The van der Waals surface area contributed by atoms with Crippen LogP contribution < -0.4 is 9.64 Å². The Hall–Kier alpha value is -1.94. The summed E-state index contributed by atoms with van der Waals surface area (Å²) >= 11 is 1.83. The second-order valence-corrected chi connectivity index (χ2v) is 7.12. The fraction of sp³-hybridized carbons (Fsp3) is 0.300. The molecule has 2 aromatic rings. The maximum atomic E-state index is 13.2. The number of thioether (sulfide) groups is 1.